The molecule has 1 fully saturated rings. The van der Waals surface area contributed by atoms with Crippen molar-refractivity contribution in [2.24, 2.45) is 5.41 Å². The molecule has 2 amide bonds. The Morgan fingerprint density at radius 2 is 1.88 bits per heavy atom. The fraction of sp³-hybridized carbons (Fsp3) is 0.296. The van der Waals surface area contributed by atoms with Gasteiger partial charge in [-0.25, -0.2) is 0 Å². The van der Waals surface area contributed by atoms with E-state index in [0.29, 0.717) is 25.9 Å². The van der Waals surface area contributed by atoms with Crippen LogP contribution in [0.15, 0.2) is 72.9 Å². The van der Waals surface area contributed by atoms with Crippen molar-refractivity contribution in [2.75, 3.05) is 20.1 Å². The maximum absolute atomic E-state index is 13.1. The average molecular weight is 428 g/mol. The number of nitrogens with one attached hydrogen (secondary N) is 1. The van der Waals surface area contributed by atoms with E-state index >= 15 is 0 Å². The van der Waals surface area contributed by atoms with Gasteiger partial charge in [0.15, 0.2) is 0 Å². The van der Waals surface area contributed by atoms with E-state index < -0.39 is 5.41 Å². The normalized spacial score (nSPS) is 17.9. The molecule has 2 heterocycles. The molecule has 5 heteroatoms. The van der Waals surface area contributed by atoms with E-state index in [1.807, 2.05) is 35.2 Å². The van der Waals surface area contributed by atoms with Crippen LogP contribution in [-0.2, 0) is 22.4 Å². The number of amides is 2. The van der Waals surface area contributed by atoms with Crippen molar-refractivity contribution in [1.29, 1.82) is 0 Å². The molecule has 0 saturated carbocycles. The van der Waals surface area contributed by atoms with Gasteiger partial charge in [-0.3, -0.25) is 14.6 Å². The van der Waals surface area contributed by atoms with E-state index in [2.05, 4.69) is 53.6 Å². The Labute approximate surface area is 189 Å². The lowest BCUT2D eigenvalue weighted by Crippen LogP contribution is -2.44. The van der Waals surface area contributed by atoms with Crippen molar-refractivity contribution in [3.05, 3.63) is 89.7 Å². The molecule has 3 aromatic rings. The zero-order valence-corrected chi connectivity index (χ0v) is 18.7. The average Bonchev–Trinajstić information content (AvgIpc) is 3.25. The molecule has 2 aromatic carbocycles. The van der Waals surface area contributed by atoms with Gasteiger partial charge in [0.25, 0.3) is 0 Å². The minimum atomic E-state index is -0.644. The SMILES string of the molecule is CNC(=O)[C@]1(Cc2ccccc2-c2cccc(C)c2)CCN(C(=O)Cc2ccccn2)C1. The molecule has 0 bridgehead atoms. The van der Waals surface area contributed by atoms with Gasteiger partial charge in [0.1, 0.15) is 0 Å². The number of likely N-dealkylation sites (tertiary alicyclic amines) is 1. The molecule has 1 aliphatic rings. The van der Waals surface area contributed by atoms with Crippen LogP contribution in [0.3, 0.4) is 0 Å². The van der Waals surface area contributed by atoms with Crippen molar-refractivity contribution in [2.45, 2.75) is 26.2 Å². The maximum atomic E-state index is 13.1. The summed E-state index contributed by atoms with van der Waals surface area (Å²) in [7, 11) is 1.68. The molecule has 0 spiro atoms. The smallest absolute Gasteiger partial charge is 0.228 e. The van der Waals surface area contributed by atoms with Crippen LogP contribution < -0.4 is 5.32 Å². The molecule has 4 rings (SSSR count). The Morgan fingerprint density at radius 3 is 2.62 bits per heavy atom. The summed E-state index contributed by atoms with van der Waals surface area (Å²) in [5.74, 6) is 0.00567. The van der Waals surface area contributed by atoms with E-state index in [0.717, 1.165) is 22.4 Å². The molecular weight excluding hydrogens is 398 g/mol. The fourth-order valence-corrected chi connectivity index (χ4v) is 4.66. The highest BCUT2D eigenvalue weighted by molar-refractivity contribution is 5.86. The highest BCUT2D eigenvalue weighted by Gasteiger charge is 2.45. The number of hydrogen-bond donors (Lipinski definition) is 1. The number of benzene rings is 2. The summed E-state index contributed by atoms with van der Waals surface area (Å²) in [5.41, 5.74) is 4.71. The number of nitrogens with zero attached hydrogens (tertiary/aromatic N) is 2. The van der Waals surface area contributed by atoms with Gasteiger partial charge in [-0.05, 0) is 48.6 Å². The van der Waals surface area contributed by atoms with Crippen LogP contribution in [0.25, 0.3) is 11.1 Å². The second-order valence-electron chi connectivity index (χ2n) is 8.63. The Kier molecular flexibility index (Phi) is 6.35. The number of pyridine rings is 1. The quantitative estimate of drug-likeness (QED) is 0.651. The second-order valence-corrected chi connectivity index (χ2v) is 8.63. The van der Waals surface area contributed by atoms with Crippen molar-refractivity contribution in [1.82, 2.24) is 15.2 Å². The van der Waals surface area contributed by atoms with Crippen LogP contribution in [0.1, 0.15) is 23.2 Å². The largest absolute Gasteiger partial charge is 0.359 e. The monoisotopic (exact) mass is 427 g/mol. The number of rotatable bonds is 6. The first-order valence-corrected chi connectivity index (χ1v) is 11.1. The van der Waals surface area contributed by atoms with Crippen molar-refractivity contribution < 1.29 is 9.59 Å². The third kappa shape index (κ3) is 4.57. The lowest BCUT2D eigenvalue weighted by atomic mass is 9.78. The molecule has 0 aliphatic carbocycles. The molecule has 5 nitrogen and oxygen atoms in total. The zero-order valence-electron chi connectivity index (χ0n) is 18.7. The molecule has 1 aromatic heterocycles. The first kappa shape index (κ1) is 21.8. The third-order valence-corrected chi connectivity index (χ3v) is 6.35. The van der Waals surface area contributed by atoms with Crippen LogP contribution in [0.5, 0.6) is 0 Å². The fourth-order valence-electron chi connectivity index (χ4n) is 4.66. The van der Waals surface area contributed by atoms with Crippen LogP contribution in [0.4, 0.5) is 0 Å². The summed E-state index contributed by atoms with van der Waals surface area (Å²) in [6.45, 7) is 3.08. The molecule has 1 N–H and O–H groups in total. The van der Waals surface area contributed by atoms with E-state index in [1.54, 1.807) is 13.2 Å². The molecule has 0 radical (unpaired) electrons. The van der Waals surface area contributed by atoms with Crippen LogP contribution in [-0.4, -0.2) is 41.8 Å². The van der Waals surface area contributed by atoms with E-state index in [-0.39, 0.29) is 18.2 Å². The van der Waals surface area contributed by atoms with E-state index in [1.165, 1.54) is 5.56 Å². The Hall–Kier alpha value is -3.47. The summed E-state index contributed by atoms with van der Waals surface area (Å²) in [4.78, 5) is 32.1. The number of aryl methyl sites for hydroxylation is 1. The van der Waals surface area contributed by atoms with Gasteiger partial charge < -0.3 is 10.2 Å². The summed E-state index contributed by atoms with van der Waals surface area (Å²) >= 11 is 0. The van der Waals surface area contributed by atoms with Gasteiger partial charge in [0, 0.05) is 32.0 Å². The lowest BCUT2D eigenvalue weighted by Gasteiger charge is -2.28. The molecular formula is C27H29N3O2. The minimum Gasteiger partial charge on any atom is -0.359 e. The van der Waals surface area contributed by atoms with Crippen LogP contribution >= 0.6 is 0 Å². The second kappa shape index (κ2) is 9.35. The summed E-state index contributed by atoms with van der Waals surface area (Å²) < 4.78 is 0. The van der Waals surface area contributed by atoms with Crippen molar-refractivity contribution >= 4 is 11.8 Å². The molecule has 1 aliphatic heterocycles. The molecule has 0 unspecified atom stereocenters. The van der Waals surface area contributed by atoms with Crippen molar-refractivity contribution in [3.63, 3.8) is 0 Å². The predicted molar refractivity (Wildman–Crippen MR) is 126 cm³/mol. The lowest BCUT2D eigenvalue weighted by molar-refractivity contribution is -0.132. The number of hydrogen-bond acceptors (Lipinski definition) is 3. The van der Waals surface area contributed by atoms with Gasteiger partial charge >= 0.3 is 0 Å². The topological polar surface area (TPSA) is 62.3 Å². The first-order valence-electron chi connectivity index (χ1n) is 11.1. The number of carbonyl (C=O) groups excluding carboxylic acids is 2. The minimum absolute atomic E-state index is 0.00955. The molecule has 1 atom stereocenters. The molecule has 1 saturated heterocycles. The summed E-state index contributed by atoms with van der Waals surface area (Å²) in [6, 6.07) is 22.3. The Bertz CT molecular complexity index is 1110. The summed E-state index contributed by atoms with van der Waals surface area (Å²) in [5, 5.41) is 2.86. The van der Waals surface area contributed by atoms with E-state index in [9.17, 15) is 9.59 Å². The maximum Gasteiger partial charge on any atom is 0.228 e. The third-order valence-electron chi connectivity index (χ3n) is 6.35. The standard InChI is InChI=1S/C27H29N3O2/c1-20-8-7-10-21(16-20)24-12-4-3-9-22(24)18-27(26(32)28-2)13-15-30(19-27)25(31)17-23-11-5-6-14-29-23/h3-12,14,16H,13,15,17-19H2,1-2H3,(H,28,32)/t27-/m0/s1. The molecule has 32 heavy (non-hydrogen) atoms. The van der Waals surface area contributed by atoms with Gasteiger partial charge in [0.2, 0.25) is 11.8 Å². The van der Waals surface area contributed by atoms with Gasteiger partial charge in [-0.15, -0.1) is 0 Å². The van der Waals surface area contributed by atoms with Crippen molar-refractivity contribution in [3.8, 4) is 11.1 Å². The highest BCUT2D eigenvalue weighted by Crippen LogP contribution is 2.38. The van der Waals surface area contributed by atoms with Gasteiger partial charge in [-0.2, -0.15) is 0 Å². The number of carbonyl (C=O) groups is 2. The predicted octanol–water partition coefficient (Wildman–Crippen LogP) is 3.81. The van der Waals surface area contributed by atoms with Crippen LogP contribution in [0, 0.1) is 12.3 Å². The number of aromatic nitrogens is 1. The Morgan fingerprint density at radius 1 is 1.06 bits per heavy atom. The first-order chi connectivity index (χ1) is 15.5. The zero-order chi connectivity index (χ0) is 22.6. The van der Waals surface area contributed by atoms with Gasteiger partial charge in [0.05, 0.1) is 11.8 Å². The summed E-state index contributed by atoms with van der Waals surface area (Å²) in [6.07, 6.45) is 3.18. The highest BCUT2D eigenvalue weighted by atomic mass is 16.2. The van der Waals surface area contributed by atoms with Gasteiger partial charge in [-0.1, -0.05) is 60.2 Å². The Balaban J connectivity index is 1.59. The van der Waals surface area contributed by atoms with Crippen LogP contribution in [0.2, 0.25) is 0 Å². The molecule has 164 valence electrons. The van der Waals surface area contributed by atoms with E-state index in [4.69, 9.17) is 0 Å².